The van der Waals surface area contributed by atoms with Gasteiger partial charge in [-0.3, -0.25) is 14.4 Å². The molecule has 0 amide bonds. The van der Waals surface area contributed by atoms with Gasteiger partial charge in [-0.15, -0.1) is 0 Å². The Labute approximate surface area is 278 Å². The molecule has 0 aliphatic heterocycles. The van der Waals surface area contributed by atoms with Crippen LogP contribution in [0.3, 0.4) is 0 Å². The molecule has 0 fully saturated rings. The van der Waals surface area contributed by atoms with Crippen molar-refractivity contribution in [1.82, 2.24) is 13.7 Å². The molecule has 15 heteroatoms. The standard InChI is InChI=1S/C30H51N3O9S3/c1-7-22(4)43-19-10-25(34)40-16-13-31-28(37)32(14-17-41-26(35)11-20-44-23(5)8-2)30(39)33(29(31)38)15-18-42-27(36)12-21-45-24(6)9-3/h22-24H,7-21H2,1-6H3. The van der Waals surface area contributed by atoms with Gasteiger partial charge < -0.3 is 14.2 Å². The Morgan fingerprint density at radius 3 is 1.00 bits per heavy atom. The number of hydrogen-bond acceptors (Lipinski definition) is 12. The number of thioether (sulfide) groups is 3. The fourth-order valence-electron chi connectivity index (χ4n) is 3.61. The predicted molar refractivity (Wildman–Crippen MR) is 183 cm³/mol. The van der Waals surface area contributed by atoms with Crippen LogP contribution in [0.4, 0.5) is 0 Å². The zero-order valence-corrected chi connectivity index (χ0v) is 30.0. The highest BCUT2D eigenvalue weighted by Gasteiger charge is 2.17. The molecule has 0 aliphatic rings. The van der Waals surface area contributed by atoms with Crippen LogP contribution in [0.1, 0.15) is 80.1 Å². The number of esters is 3. The lowest BCUT2D eigenvalue weighted by Crippen LogP contribution is -2.55. The molecule has 0 saturated heterocycles. The summed E-state index contributed by atoms with van der Waals surface area (Å²) in [5, 5.41) is 1.25. The van der Waals surface area contributed by atoms with E-state index < -0.39 is 35.0 Å². The van der Waals surface area contributed by atoms with Gasteiger partial charge in [-0.25, -0.2) is 28.1 Å². The highest BCUT2D eigenvalue weighted by molar-refractivity contribution is 8.00. The van der Waals surface area contributed by atoms with Gasteiger partial charge in [-0.2, -0.15) is 35.3 Å². The average molecular weight is 694 g/mol. The Balaban J connectivity index is 2.97. The van der Waals surface area contributed by atoms with E-state index in [0.717, 1.165) is 33.0 Å². The van der Waals surface area contributed by atoms with Crippen molar-refractivity contribution in [2.45, 2.75) is 115 Å². The molecule has 1 rings (SSSR count). The fourth-order valence-corrected chi connectivity index (χ4v) is 6.38. The SMILES string of the molecule is CCC(C)SCCC(=O)OCCn1c(=O)n(CCOC(=O)CCSC(C)CC)c(=O)n(CCOC(=O)CCSC(C)CC)c1=O. The smallest absolute Gasteiger partial charge is 0.336 e. The highest BCUT2D eigenvalue weighted by atomic mass is 32.2. The Morgan fingerprint density at radius 1 is 0.533 bits per heavy atom. The summed E-state index contributed by atoms with van der Waals surface area (Å²) in [6.07, 6.45) is 3.52. The second-order valence-electron chi connectivity index (χ2n) is 10.5. The highest BCUT2D eigenvalue weighted by Crippen LogP contribution is 2.16. The van der Waals surface area contributed by atoms with Gasteiger partial charge in [0.1, 0.15) is 19.8 Å². The van der Waals surface area contributed by atoms with E-state index in [2.05, 4.69) is 41.5 Å². The van der Waals surface area contributed by atoms with E-state index in [9.17, 15) is 28.8 Å². The maximum atomic E-state index is 13.2. The molecule has 0 spiro atoms. The lowest BCUT2D eigenvalue weighted by Gasteiger charge is -2.15. The molecular weight excluding hydrogens is 643 g/mol. The molecule has 3 atom stereocenters. The van der Waals surface area contributed by atoms with Crippen molar-refractivity contribution in [1.29, 1.82) is 0 Å². The molecule has 0 aliphatic carbocycles. The summed E-state index contributed by atoms with van der Waals surface area (Å²) in [5.41, 5.74) is -2.73. The van der Waals surface area contributed by atoms with Crippen molar-refractivity contribution in [3.8, 4) is 0 Å². The first kappa shape index (κ1) is 40.9. The maximum Gasteiger partial charge on any atom is 0.336 e. The lowest BCUT2D eigenvalue weighted by molar-refractivity contribution is -0.144. The first-order valence-electron chi connectivity index (χ1n) is 15.7. The van der Waals surface area contributed by atoms with Crippen LogP contribution in [0.15, 0.2) is 14.4 Å². The number of carbonyl (C=O) groups is 3. The molecule has 1 aromatic heterocycles. The minimum absolute atomic E-state index is 0.191. The summed E-state index contributed by atoms with van der Waals surface area (Å²) in [7, 11) is 0. The third-order valence-corrected chi connectivity index (χ3v) is 11.0. The molecular formula is C30H51N3O9S3. The first-order valence-corrected chi connectivity index (χ1v) is 18.9. The van der Waals surface area contributed by atoms with Gasteiger partial charge in [0.15, 0.2) is 0 Å². The summed E-state index contributed by atoms with van der Waals surface area (Å²) >= 11 is 4.97. The Bertz CT molecular complexity index is 1050. The number of carbonyl (C=O) groups excluding carboxylic acids is 3. The molecule has 3 unspecified atom stereocenters. The zero-order chi connectivity index (χ0) is 33.8. The van der Waals surface area contributed by atoms with Gasteiger partial charge in [0.25, 0.3) is 0 Å². The van der Waals surface area contributed by atoms with Gasteiger partial charge in [0.05, 0.1) is 38.9 Å². The second kappa shape index (κ2) is 23.2. The van der Waals surface area contributed by atoms with Gasteiger partial charge >= 0.3 is 35.0 Å². The van der Waals surface area contributed by atoms with Crippen molar-refractivity contribution >= 4 is 53.2 Å². The summed E-state index contributed by atoms with van der Waals surface area (Å²) in [6, 6.07) is 0. The van der Waals surface area contributed by atoms with Gasteiger partial charge in [-0.05, 0) is 19.3 Å². The largest absolute Gasteiger partial charge is 0.464 e. The van der Waals surface area contributed by atoms with Crippen LogP contribution in [-0.4, -0.2) is 84.4 Å². The van der Waals surface area contributed by atoms with Crippen LogP contribution >= 0.6 is 35.3 Å². The number of hydrogen-bond donors (Lipinski definition) is 0. The molecule has 0 radical (unpaired) electrons. The van der Waals surface area contributed by atoms with Gasteiger partial charge in [-0.1, -0.05) is 41.5 Å². The molecule has 0 saturated carbocycles. The zero-order valence-electron chi connectivity index (χ0n) is 27.6. The summed E-state index contributed by atoms with van der Waals surface area (Å²) in [6.45, 7) is 10.9. The van der Waals surface area contributed by atoms with E-state index in [4.69, 9.17) is 14.2 Å². The first-order chi connectivity index (χ1) is 21.4. The van der Waals surface area contributed by atoms with Crippen LogP contribution in [-0.2, 0) is 48.2 Å². The lowest BCUT2D eigenvalue weighted by atomic mass is 10.4. The van der Waals surface area contributed by atoms with E-state index >= 15 is 0 Å². The van der Waals surface area contributed by atoms with E-state index in [1.807, 2.05) is 0 Å². The number of ether oxygens (including phenoxy) is 3. The molecule has 1 aromatic rings. The van der Waals surface area contributed by atoms with Crippen molar-refractivity contribution in [2.75, 3.05) is 37.1 Å². The molecule has 0 N–H and O–H groups in total. The van der Waals surface area contributed by atoms with Crippen molar-refractivity contribution in [3.63, 3.8) is 0 Å². The molecule has 45 heavy (non-hydrogen) atoms. The van der Waals surface area contributed by atoms with Crippen molar-refractivity contribution < 1.29 is 28.6 Å². The number of aromatic nitrogens is 3. The maximum absolute atomic E-state index is 13.2. The summed E-state index contributed by atoms with van der Waals surface area (Å²) in [4.78, 5) is 76.1. The fraction of sp³-hybridized carbons (Fsp3) is 0.800. The van der Waals surface area contributed by atoms with E-state index in [0.29, 0.717) is 33.0 Å². The molecule has 0 aromatic carbocycles. The quantitative estimate of drug-likeness (QED) is 0.115. The summed E-state index contributed by atoms with van der Waals surface area (Å²) < 4.78 is 18.1. The molecule has 1 heterocycles. The second-order valence-corrected chi connectivity index (χ2v) is 15.1. The van der Waals surface area contributed by atoms with Crippen molar-refractivity contribution in [3.05, 3.63) is 31.5 Å². The minimum atomic E-state index is -0.910. The predicted octanol–water partition coefficient (Wildman–Crippen LogP) is 3.57. The number of nitrogens with zero attached hydrogens (tertiary/aromatic N) is 3. The minimum Gasteiger partial charge on any atom is -0.464 e. The van der Waals surface area contributed by atoms with E-state index in [1.54, 1.807) is 35.3 Å². The Hall–Kier alpha value is -2.13. The van der Waals surface area contributed by atoms with Crippen molar-refractivity contribution in [2.24, 2.45) is 0 Å². The van der Waals surface area contributed by atoms with Crippen LogP contribution in [0, 0.1) is 0 Å². The topological polar surface area (TPSA) is 145 Å². The monoisotopic (exact) mass is 693 g/mol. The molecule has 258 valence electrons. The van der Waals surface area contributed by atoms with E-state index in [1.165, 1.54) is 0 Å². The third kappa shape index (κ3) is 16.3. The molecule has 0 bridgehead atoms. The Kier molecular flexibility index (Phi) is 21.1. The van der Waals surface area contributed by atoms with Gasteiger partial charge in [0, 0.05) is 33.0 Å². The third-order valence-electron chi connectivity index (χ3n) is 6.97. The average Bonchev–Trinajstić information content (AvgIpc) is 3.01. The van der Waals surface area contributed by atoms with Crippen LogP contribution in [0.5, 0.6) is 0 Å². The van der Waals surface area contributed by atoms with Crippen LogP contribution in [0.25, 0.3) is 0 Å². The van der Waals surface area contributed by atoms with Gasteiger partial charge in [0.2, 0.25) is 0 Å². The number of rotatable bonds is 24. The Morgan fingerprint density at radius 2 is 0.778 bits per heavy atom. The molecule has 12 nitrogen and oxygen atoms in total. The normalized spacial score (nSPS) is 13.2. The van der Waals surface area contributed by atoms with Crippen LogP contribution in [0.2, 0.25) is 0 Å². The summed E-state index contributed by atoms with van der Waals surface area (Å²) in [5.74, 6) is 0.415. The van der Waals surface area contributed by atoms with Crippen LogP contribution < -0.4 is 17.1 Å². The van der Waals surface area contributed by atoms with E-state index in [-0.39, 0.29) is 58.7 Å².